The Balaban J connectivity index is 4.02. The van der Waals surface area contributed by atoms with Gasteiger partial charge in [-0.05, 0) is 76.7 Å². The van der Waals surface area contributed by atoms with E-state index in [-0.39, 0.29) is 30.9 Å². The van der Waals surface area contributed by atoms with Gasteiger partial charge in [-0.3, -0.25) is 14.4 Å². The lowest BCUT2D eigenvalue weighted by molar-refractivity contribution is -0.147. The topological polar surface area (TPSA) is 142 Å². The molecule has 0 fully saturated rings. The van der Waals surface area contributed by atoms with Gasteiger partial charge in [0.1, 0.15) is 12.1 Å². The van der Waals surface area contributed by atoms with Crippen molar-refractivity contribution in [3.8, 4) is 0 Å². The van der Waals surface area contributed by atoms with Crippen molar-refractivity contribution in [3.05, 3.63) is 36.5 Å². The van der Waals surface area contributed by atoms with Gasteiger partial charge in [-0.25, -0.2) is 4.79 Å². The molecule has 0 aromatic rings. The van der Waals surface area contributed by atoms with E-state index < -0.39 is 24.5 Å². The lowest BCUT2D eigenvalue weighted by atomic mass is 10.1. The monoisotopic (exact) mass is 747 g/mol. The fourth-order valence-corrected chi connectivity index (χ4v) is 6.01. The number of unbranched alkanes of at least 4 members (excludes halogenated alkanes) is 20. The molecule has 0 radical (unpaired) electrons. The molecule has 0 saturated carbocycles. The summed E-state index contributed by atoms with van der Waals surface area (Å²) < 4.78 is 5.86. The molecule has 2 amide bonds. The van der Waals surface area contributed by atoms with Crippen molar-refractivity contribution in [3.63, 3.8) is 0 Å². The molecule has 0 aromatic carbocycles. The van der Waals surface area contributed by atoms with E-state index in [0.717, 1.165) is 57.8 Å². The van der Waals surface area contributed by atoms with Crippen molar-refractivity contribution in [2.75, 3.05) is 13.2 Å². The van der Waals surface area contributed by atoms with Gasteiger partial charge in [0.05, 0.1) is 13.2 Å². The molecular weight excluding hydrogens is 668 g/mol. The summed E-state index contributed by atoms with van der Waals surface area (Å²) in [5.41, 5.74) is 0. The zero-order valence-electron chi connectivity index (χ0n) is 33.8. The number of ether oxygens (including phenoxy) is 1. The third kappa shape index (κ3) is 35.8. The number of aliphatic hydroxyl groups is 1. The highest BCUT2D eigenvalue weighted by molar-refractivity contribution is 5.87. The minimum atomic E-state index is -1.39. The molecule has 2 atom stereocenters. The number of amides is 2. The van der Waals surface area contributed by atoms with Gasteiger partial charge < -0.3 is 25.6 Å². The quantitative estimate of drug-likeness (QED) is 0.0280. The molecule has 4 N–H and O–H groups in total. The maximum absolute atomic E-state index is 12.6. The normalized spacial score (nSPS) is 12.8. The molecule has 0 rings (SSSR count). The summed E-state index contributed by atoms with van der Waals surface area (Å²) in [6, 6.07) is -1.39. The van der Waals surface area contributed by atoms with E-state index in [1.54, 1.807) is 0 Å². The molecule has 9 heteroatoms. The summed E-state index contributed by atoms with van der Waals surface area (Å²) in [4.78, 5) is 47.3. The molecule has 0 aromatic heterocycles. The van der Waals surface area contributed by atoms with E-state index in [1.807, 2.05) is 6.08 Å². The fourth-order valence-electron chi connectivity index (χ4n) is 6.01. The molecule has 2 unspecified atom stereocenters. The van der Waals surface area contributed by atoms with Crippen molar-refractivity contribution in [1.82, 2.24) is 10.6 Å². The molecule has 9 nitrogen and oxygen atoms in total. The van der Waals surface area contributed by atoms with Crippen LogP contribution in [0.3, 0.4) is 0 Å². The summed E-state index contributed by atoms with van der Waals surface area (Å²) in [7, 11) is 0. The standard InChI is InChI=1S/C44H78N2O7/c1-3-5-7-9-10-11-12-13-14-15-16-17-18-19-20-21-22-23-24-26-32-36-43(50)53-39(33-29-25-8-6-4-2)34-30-27-28-31-35-41(48)45-37-42(49)46-40(38-47)44(51)52/h12-13,15-16,29,33,39-40,47H,3-11,14,17-28,30-32,34-38H2,1-2H3,(H,45,48)(H,46,49)(H,51,52)/b13-12-,16-15-,33-29-. The van der Waals surface area contributed by atoms with Crippen molar-refractivity contribution in [1.29, 1.82) is 0 Å². The van der Waals surface area contributed by atoms with Crippen LogP contribution >= 0.6 is 0 Å². The van der Waals surface area contributed by atoms with E-state index in [2.05, 4.69) is 54.9 Å². The number of nitrogens with one attached hydrogen (secondary N) is 2. The number of aliphatic carboxylic acids is 1. The second-order valence-corrected chi connectivity index (χ2v) is 14.4. The summed E-state index contributed by atoms with van der Waals surface area (Å²) in [6.45, 7) is 3.39. The summed E-state index contributed by atoms with van der Waals surface area (Å²) in [5, 5.41) is 22.5. The van der Waals surface area contributed by atoms with Crippen LogP contribution in [0.15, 0.2) is 36.5 Å². The van der Waals surface area contributed by atoms with Crippen LogP contribution in [0.5, 0.6) is 0 Å². The van der Waals surface area contributed by atoms with Crippen LogP contribution in [0.4, 0.5) is 0 Å². The van der Waals surface area contributed by atoms with Crippen LogP contribution in [0.2, 0.25) is 0 Å². The van der Waals surface area contributed by atoms with Gasteiger partial charge in [0.2, 0.25) is 11.8 Å². The predicted molar refractivity (Wildman–Crippen MR) is 218 cm³/mol. The average Bonchev–Trinajstić information content (AvgIpc) is 3.14. The van der Waals surface area contributed by atoms with Gasteiger partial charge in [0.25, 0.3) is 0 Å². The van der Waals surface area contributed by atoms with Gasteiger partial charge in [-0.2, -0.15) is 0 Å². The molecule has 306 valence electrons. The predicted octanol–water partition coefficient (Wildman–Crippen LogP) is 10.2. The molecule has 0 saturated heterocycles. The number of allylic oxidation sites excluding steroid dienone is 5. The third-order valence-corrected chi connectivity index (χ3v) is 9.34. The van der Waals surface area contributed by atoms with Crippen LogP contribution in [0, 0.1) is 0 Å². The van der Waals surface area contributed by atoms with Crippen molar-refractivity contribution < 1.29 is 34.1 Å². The molecular formula is C44H78N2O7. The Morgan fingerprint density at radius 2 is 1.08 bits per heavy atom. The Labute approximate surface area is 323 Å². The highest BCUT2D eigenvalue weighted by Gasteiger charge is 2.18. The number of carbonyl (C=O) groups is 4. The van der Waals surface area contributed by atoms with E-state index in [1.165, 1.54) is 103 Å². The summed E-state index contributed by atoms with van der Waals surface area (Å²) in [5.74, 6) is -2.41. The molecule has 53 heavy (non-hydrogen) atoms. The Kier molecular flexibility index (Phi) is 36.6. The molecule has 0 aliphatic heterocycles. The minimum absolute atomic E-state index is 0.120. The number of carboxylic acid groups (broad SMARTS) is 1. The summed E-state index contributed by atoms with van der Waals surface area (Å²) in [6.07, 6.45) is 43.6. The van der Waals surface area contributed by atoms with Gasteiger partial charge in [-0.15, -0.1) is 0 Å². The Morgan fingerprint density at radius 1 is 0.585 bits per heavy atom. The fraction of sp³-hybridized carbons (Fsp3) is 0.773. The van der Waals surface area contributed by atoms with Crippen LogP contribution in [-0.2, 0) is 23.9 Å². The number of hydrogen-bond acceptors (Lipinski definition) is 6. The van der Waals surface area contributed by atoms with Crippen LogP contribution in [0.25, 0.3) is 0 Å². The van der Waals surface area contributed by atoms with Gasteiger partial charge >= 0.3 is 11.9 Å². The number of rotatable bonds is 38. The third-order valence-electron chi connectivity index (χ3n) is 9.34. The average molecular weight is 747 g/mol. The lowest BCUT2D eigenvalue weighted by Gasteiger charge is -2.15. The molecule has 0 aliphatic rings. The van der Waals surface area contributed by atoms with Crippen molar-refractivity contribution in [2.45, 2.75) is 206 Å². The highest BCUT2D eigenvalue weighted by atomic mass is 16.5. The molecule has 0 aliphatic carbocycles. The number of carbonyl (C=O) groups excluding carboxylic acids is 3. The lowest BCUT2D eigenvalue weighted by Crippen LogP contribution is -2.47. The van der Waals surface area contributed by atoms with E-state index in [4.69, 9.17) is 14.9 Å². The zero-order valence-corrected chi connectivity index (χ0v) is 33.8. The second-order valence-electron chi connectivity index (χ2n) is 14.4. The second kappa shape index (κ2) is 38.8. The molecule has 0 spiro atoms. The minimum Gasteiger partial charge on any atom is -0.480 e. The van der Waals surface area contributed by atoms with Crippen LogP contribution < -0.4 is 10.6 Å². The number of esters is 1. The van der Waals surface area contributed by atoms with E-state index >= 15 is 0 Å². The van der Waals surface area contributed by atoms with Crippen LogP contribution in [0.1, 0.15) is 194 Å². The number of aliphatic hydroxyl groups excluding tert-OH is 1. The zero-order chi connectivity index (χ0) is 39.0. The maximum atomic E-state index is 12.6. The first-order valence-electron chi connectivity index (χ1n) is 21.4. The van der Waals surface area contributed by atoms with Crippen LogP contribution in [-0.4, -0.2) is 59.3 Å². The number of carboxylic acids is 1. The largest absolute Gasteiger partial charge is 0.480 e. The smallest absolute Gasteiger partial charge is 0.328 e. The highest BCUT2D eigenvalue weighted by Crippen LogP contribution is 2.15. The van der Waals surface area contributed by atoms with Gasteiger partial charge in [0, 0.05) is 12.8 Å². The first-order valence-corrected chi connectivity index (χ1v) is 21.4. The SMILES string of the molecule is CCCCC/C=C\C(CCCCCCC(=O)NCC(=O)NC(CO)C(=O)O)OC(=O)CCCCCCCCCCC/C=C\C/C=C\CCCCCCC. The van der Waals surface area contributed by atoms with Crippen molar-refractivity contribution in [2.24, 2.45) is 0 Å². The molecule has 0 bridgehead atoms. The first kappa shape index (κ1) is 50.1. The maximum Gasteiger partial charge on any atom is 0.328 e. The van der Waals surface area contributed by atoms with E-state index in [9.17, 15) is 19.2 Å². The van der Waals surface area contributed by atoms with Crippen molar-refractivity contribution >= 4 is 23.8 Å². The van der Waals surface area contributed by atoms with E-state index in [0.29, 0.717) is 12.8 Å². The summed E-state index contributed by atoms with van der Waals surface area (Å²) >= 11 is 0. The first-order chi connectivity index (χ1) is 25.8. The van der Waals surface area contributed by atoms with Gasteiger partial charge in [-0.1, -0.05) is 141 Å². The van der Waals surface area contributed by atoms with Gasteiger partial charge in [0.15, 0.2) is 0 Å². The Hall–Kier alpha value is -2.94. The molecule has 0 heterocycles. The Bertz CT molecular complexity index is 994. The Morgan fingerprint density at radius 3 is 1.66 bits per heavy atom. The number of hydrogen-bond donors (Lipinski definition) is 4.